The molecule has 0 aliphatic heterocycles. The summed E-state index contributed by atoms with van der Waals surface area (Å²) in [4.78, 5) is 38.4. The molecule has 0 heterocycles. The fourth-order valence-corrected chi connectivity index (χ4v) is 4.36. The summed E-state index contributed by atoms with van der Waals surface area (Å²) in [6, 6.07) is 8.64. The minimum Gasteiger partial charge on any atom is -0.461 e. The number of ether oxygens (including phenoxy) is 2. The summed E-state index contributed by atoms with van der Waals surface area (Å²) in [5.74, 6) is -0.984. The van der Waals surface area contributed by atoms with Gasteiger partial charge in [-0.05, 0) is 57.9 Å². The van der Waals surface area contributed by atoms with Crippen LogP contribution in [0.5, 0.6) is 0 Å². The number of esters is 1. The molecule has 1 saturated carbocycles. The highest BCUT2D eigenvalue weighted by molar-refractivity contribution is 5.88. The number of alkyl carbamates (subject to hydrolysis) is 1. The van der Waals surface area contributed by atoms with Gasteiger partial charge < -0.3 is 19.9 Å². The minimum absolute atomic E-state index is 0.104. The van der Waals surface area contributed by atoms with Gasteiger partial charge in [-0.1, -0.05) is 50.3 Å². The molecule has 0 saturated heterocycles. The zero-order chi connectivity index (χ0) is 26.2. The molecule has 0 spiro atoms. The number of amides is 1. The lowest BCUT2D eigenvalue weighted by Gasteiger charge is -2.33. The van der Waals surface area contributed by atoms with Gasteiger partial charge in [0.1, 0.15) is 12.2 Å². The van der Waals surface area contributed by atoms with E-state index in [9.17, 15) is 19.5 Å². The first-order chi connectivity index (χ1) is 16.3. The average Bonchev–Trinajstić information content (AvgIpc) is 2.96. The maximum absolute atomic E-state index is 13.3. The fourth-order valence-electron chi connectivity index (χ4n) is 4.36. The molecule has 4 atom stereocenters. The Morgan fingerprint density at radius 3 is 2.37 bits per heavy atom. The first kappa shape index (κ1) is 28.6. The number of benzene rings is 1. The number of carbonyl (C=O) groups is 3. The number of hydrogen-bond donors (Lipinski definition) is 2. The van der Waals surface area contributed by atoms with Crippen LogP contribution in [0, 0.1) is 17.3 Å². The van der Waals surface area contributed by atoms with Gasteiger partial charge in [0, 0.05) is 11.8 Å². The lowest BCUT2D eigenvalue weighted by atomic mass is 9.79. The van der Waals surface area contributed by atoms with Gasteiger partial charge >= 0.3 is 12.1 Å². The van der Waals surface area contributed by atoms with E-state index in [-0.39, 0.29) is 30.7 Å². The van der Waals surface area contributed by atoms with Gasteiger partial charge in [0.25, 0.3) is 0 Å². The predicted molar refractivity (Wildman–Crippen MR) is 134 cm³/mol. The summed E-state index contributed by atoms with van der Waals surface area (Å²) >= 11 is 0. The first-order valence-electron chi connectivity index (χ1n) is 12.3. The number of Topliss-reactive ketones (excluding diaryl/α,β-unsaturated/α-hetero) is 1. The quantitative estimate of drug-likeness (QED) is 0.290. The van der Waals surface area contributed by atoms with Crippen molar-refractivity contribution in [3.63, 3.8) is 0 Å². The number of ketones is 1. The normalized spacial score (nSPS) is 21.8. The van der Waals surface area contributed by atoms with Crippen LogP contribution in [0.25, 0.3) is 0 Å². The Hall–Kier alpha value is -2.67. The zero-order valence-electron chi connectivity index (χ0n) is 21.7. The van der Waals surface area contributed by atoms with E-state index in [0.29, 0.717) is 25.7 Å². The highest BCUT2D eigenvalue weighted by Gasteiger charge is 2.37. The summed E-state index contributed by atoms with van der Waals surface area (Å²) in [5.41, 5.74) is -0.473. The van der Waals surface area contributed by atoms with Crippen molar-refractivity contribution in [1.29, 1.82) is 0 Å². The van der Waals surface area contributed by atoms with Gasteiger partial charge in [-0.3, -0.25) is 9.59 Å². The van der Waals surface area contributed by atoms with Gasteiger partial charge in [0.05, 0.1) is 18.1 Å². The molecule has 2 rings (SSSR count). The molecule has 1 aliphatic carbocycles. The molecule has 1 aromatic rings. The van der Waals surface area contributed by atoms with Crippen molar-refractivity contribution in [3.05, 3.63) is 48.6 Å². The molecule has 2 N–H and O–H groups in total. The Morgan fingerprint density at radius 1 is 1.11 bits per heavy atom. The van der Waals surface area contributed by atoms with E-state index in [4.69, 9.17) is 9.47 Å². The molecule has 0 bridgehead atoms. The smallest absolute Gasteiger partial charge is 0.408 e. The number of aliphatic hydroxyl groups is 1. The zero-order valence-corrected chi connectivity index (χ0v) is 21.7. The van der Waals surface area contributed by atoms with Crippen LogP contribution in [0.4, 0.5) is 4.79 Å². The summed E-state index contributed by atoms with van der Waals surface area (Å²) in [6.07, 6.45) is 2.35. The van der Waals surface area contributed by atoms with Crippen molar-refractivity contribution in [3.8, 4) is 0 Å². The Balaban J connectivity index is 1.99. The third-order valence-electron chi connectivity index (χ3n) is 6.39. The maximum Gasteiger partial charge on any atom is 0.408 e. The van der Waals surface area contributed by atoms with Crippen LogP contribution in [-0.2, 0) is 25.7 Å². The van der Waals surface area contributed by atoms with Gasteiger partial charge in [-0.25, -0.2) is 4.79 Å². The van der Waals surface area contributed by atoms with E-state index < -0.39 is 35.2 Å². The van der Waals surface area contributed by atoms with Crippen LogP contribution < -0.4 is 5.32 Å². The second-order valence-corrected chi connectivity index (χ2v) is 11.1. The van der Waals surface area contributed by atoms with Crippen molar-refractivity contribution < 1.29 is 29.0 Å². The number of carbonyl (C=O) groups excluding carboxylic acids is 3. The van der Waals surface area contributed by atoms with Crippen molar-refractivity contribution in [1.82, 2.24) is 5.32 Å². The van der Waals surface area contributed by atoms with Crippen LogP contribution in [0.1, 0.15) is 72.3 Å². The van der Waals surface area contributed by atoms with E-state index in [1.165, 1.54) is 0 Å². The van der Waals surface area contributed by atoms with E-state index in [1.807, 2.05) is 44.2 Å². The van der Waals surface area contributed by atoms with E-state index in [0.717, 1.165) is 5.56 Å². The molecule has 1 unspecified atom stereocenters. The summed E-state index contributed by atoms with van der Waals surface area (Å²) < 4.78 is 10.8. The van der Waals surface area contributed by atoms with Crippen molar-refractivity contribution in [2.24, 2.45) is 17.3 Å². The molecule has 1 amide bonds. The molecule has 7 nitrogen and oxygen atoms in total. The van der Waals surface area contributed by atoms with Crippen LogP contribution >= 0.6 is 0 Å². The van der Waals surface area contributed by atoms with Gasteiger partial charge in [-0.2, -0.15) is 0 Å². The largest absolute Gasteiger partial charge is 0.461 e. The number of rotatable bonds is 9. The monoisotopic (exact) mass is 487 g/mol. The van der Waals surface area contributed by atoms with Crippen LogP contribution in [0.2, 0.25) is 0 Å². The lowest BCUT2D eigenvalue weighted by Crippen LogP contribution is -2.51. The second kappa shape index (κ2) is 12.3. The standard InChI is InChI=1S/C28H41NO6/c1-7-28(5,6)24(29-26(33)35-27(2,3)4)23(31)16-20-13-14-21(17-22(30)15-20)25(32)34-18-19-11-9-8-10-12-19/h7-12,20-22,24,30H,1,13-18H2,2-6H3,(H,29,33)/t20?,21-,22-,24+/m0/s1. The average molecular weight is 488 g/mol. The molecule has 194 valence electrons. The van der Waals surface area contributed by atoms with Crippen molar-refractivity contribution in [2.45, 2.75) is 91.1 Å². The Labute approximate surface area is 209 Å². The number of nitrogens with one attached hydrogen (secondary N) is 1. The molecule has 7 heteroatoms. The minimum atomic E-state index is -0.818. The maximum atomic E-state index is 13.3. The van der Waals surface area contributed by atoms with Gasteiger partial charge in [0.15, 0.2) is 5.78 Å². The van der Waals surface area contributed by atoms with Crippen LogP contribution in [0.15, 0.2) is 43.0 Å². The third-order valence-corrected chi connectivity index (χ3v) is 6.39. The fraction of sp³-hybridized carbons (Fsp3) is 0.607. The Bertz CT molecular complexity index is 873. The molecule has 1 aromatic carbocycles. The predicted octanol–water partition coefficient (Wildman–Crippen LogP) is 4.96. The molecule has 0 radical (unpaired) electrons. The molecule has 35 heavy (non-hydrogen) atoms. The molecule has 0 aromatic heterocycles. The van der Waals surface area contributed by atoms with Crippen LogP contribution in [-0.4, -0.2) is 40.7 Å². The van der Waals surface area contributed by atoms with Crippen LogP contribution in [0.3, 0.4) is 0 Å². The highest BCUT2D eigenvalue weighted by atomic mass is 16.6. The summed E-state index contributed by atoms with van der Waals surface area (Å²) in [5, 5.41) is 13.3. The Kier molecular flexibility index (Phi) is 10.1. The highest BCUT2D eigenvalue weighted by Crippen LogP contribution is 2.33. The van der Waals surface area contributed by atoms with E-state index in [1.54, 1.807) is 26.8 Å². The molecular weight excluding hydrogens is 446 g/mol. The van der Waals surface area contributed by atoms with Crippen molar-refractivity contribution >= 4 is 17.8 Å². The van der Waals surface area contributed by atoms with E-state index >= 15 is 0 Å². The Morgan fingerprint density at radius 2 is 1.77 bits per heavy atom. The first-order valence-corrected chi connectivity index (χ1v) is 12.3. The van der Waals surface area contributed by atoms with Gasteiger partial charge in [-0.15, -0.1) is 6.58 Å². The third kappa shape index (κ3) is 9.48. The second-order valence-electron chi connectivity index (χ2n) is 11.1. The summed E-state index contributed by atoms with van der Waals surface area (Å²) in [6.45, 7) is 13.0. The number of hydrogen-bond acceptors (Lipinski definition) is 6. The topological polar surface area (TPSA) is 102 Å². The SMILES string of the molecule is C=CC(C)(C)[C@H](NC(=O)OC(C)(C)C)C(=O)CC1CC[C@H](C(=O)OCc2ccccc2)C[C@@H](O)C1. The summed E-state index contributed by atoms with van der Waals surface area (Å²) in [7, 11) is 0. The van der Waals surface area contributed by atoms with Gasteiger partial charge in [0.2, 0.25) is 0 Å². The van der Waals surface area contributed by atoms with Crippen molar-refractivity contribution in [2.75, 3.05) is 0 Å². The van der Waals surface area contributed by atoms with E-state index in [2.05, 4.69) is 11.9 Å². The number of aliphatic hydroxyl groups excluding tert-OH is 1. The lowest BCUT2D eigenvalue weighted by molar-refractivity contribution is -0.151. The molecule has 1 fully saturated rings. The molecule has 1 aliphatic rings. The molecular formula is C28H41NO6.